The predicted molar refractivity (Wildman–Crippen MR) is 76.9 cm³/mol. The number of anilines is 1. The van der Waals surface area contributed by atoms with Gasteiger partial charge < -0.3 is 15.3 Å². The van der Waals surface area contributed by atoms with E-state index >= 15 is 0 Å². The van der Waals surface area contributed by atoms with Crippen molar-refractivity contribution in [1.29, 1.82) is 0 Å². The monoisotopic (exact) mass is 276 g/mol. The number of rotatable bonds is 2. The SMILES string of the molecule is Cc1cc(C)cc(NC(=O)N2CCC[C@H](C(=O)O)C2)c1. The topological polar surface area (TPSA) is 69.6 Å². The first kappa shape index (κ1) is 14.4. The van der Waals surface area contributed by atoms with Gasteiger partial charge in [-0.3, -0.25) is 4.79 Å². The van der Waals surface area contributed by atoms with Crippen molar-refractivity contribution in [2.75, 3.05) is 18.4 Å². The zero-order valence-electron chi connectivity index (χ0n) is 11.8. The summed E-state index contributed by atoms with van der Waals surface area (Å²) in [4.78, 5) is 24.8. The van der Waals surface area contributed by atoms with Gasteiger partial charge in [0.15, 0.2) is 0 Å². The normalized spacial score (nSPS) is 18.7. The molecule has 2 N–H and O–H groups in total. The molecule has 0 spiro atoms. The van der Waals surface area contributed by atoms with Crippen molar-refractivity contribution < 1.29 is 14.7 Å². The molecule has 0 aromatic heterocycles. The first-order valence-corrected chi connectivity index (χ1v) is 6.83. The van der Waals surface area contributed by atoms with E-state index in [4.69, 9.17) is 5.11 Å². The van der Waals surface area contributed by atoms with Crippen molar-refractivity contribution in [2.45, 2.75) is 26.7 Å². The largest absolute Gasteiger partial charge is 0.481 e. The van der Waals surface area contributed by atoms with Crippen LogP contribution in [0.4, 0.5) is 10.5 Å². The number of piperidine rings is 1. The number of urea groups is 1. The van der Waals surface area contributed by atoms with Crippen LogP contribution in [0.2, 0.25) is 0 Å². The summed E-state index contributed by atoms with van der Waals surface area (Å²) in [5, 5.41) is 11.9. The second-order valence-corrected chi connectivity index (χ2v) is 5.43. The number of carbonyl (C=O) groups excluding carboxylic acids is 1. The highest BCUT2D eigenvalue weighted by Gasteiger charge is 2.28. The Morgan fingerprint density at radius 2 is 1.90 bits per heavy atom. The molecule has 1 saturated heterocycles. The lowest BCUT2D eigenvalue weighted by Crippen LogP contribution is -2.44. The average molecular weight is 276 g/mol. The van der Waals surface area contributed by atoms with E-state index in [-0.39, 0.29) is 12.6 Å². The summed E-state index contributed by atoms with van der Waals surface area (Å²) >= 11 is 0. The van der Waals surface area contributed by atoms with Crippen LogP contribution in [0.5, 0.6) is 0 Å². The molecule has 20 heavy (non-hydrogen) atoms. The number of likely N-dealkylation sites (tertiary alicyclic amines) is 1. The Hall–Kier alpha value is -2.04. The molecule has 1 aliphatic rings. The molecule has 1 aromatic carbocycles. The van der Waals surface area contributed by atoms with Gasteiger partial charge in [0.2, 0.25) is 0 Å². The molecule has 1 aliphatic heterocycles. The first-order valence-electron chi connectivity index (χ1n) is 6.83. The van der Waals surface area contributed by atoms with Crippen molar-refractivity contribution >= 4 is 17.7 Å². The fourth-order valence-corrected chi connectivity index (χ4v) is 2.61. The minimum atomic E-state index is -0.825. The number of amides is 2. The van der Waals surface area contributed by atoms with Crippen molar-refractivity contribution in [2.24, 2.45) is 5.92 Å². The number of aliphatic carboxylic acids is 1. The molecule has 5 nitrogen and oxygen atoms in total. The van der Waals surface area contributed by atoms with Crippen LogP contribution in [-0.2, 0) is 4.79 Å². The van der Waals surface area contributed by atoms with Crippen LogP contribution >= 0.6 is 0 Å². The molecule has 0 saturated carbocycles. The van der Waals surface area contributed by atoms with Crippen LogP contribution in [0.15, 0.2) is 18.2 Å². The second kappa shape index (κ2) is 5.94. The van der Waals surface area contributed by atoms with E-state index in [1.807, 2.05) is 32.0 Å². The van der Waals surface area contributed by atoms with E-state index in [0.717, 1.165) is 23.2 Å². The summed E-state index contributed by atoms with van der Waals surface area (Å²) in [6.45, 7) is 4.85. The number of nitrogens with one attached hydrogen (secondary N) is 1. The van der Waals surface area contributed by atoms with Crippen molar-refractivity contribution in [3.63, 3.8) is 0 Å². The van der Waals surface area contributed by atoms with Gasteiger partial charge in [-0.15, -0.1) is 0 Å². The van der Waals surface area contributed by atoms with Crippen molar-refractivity contribution in [3.05, 3.63) is 29.3 Å². The molecule has 0 aliphatic carbocycles. The number of aryl methyl sites for hydroxylation is 2. The van der Waals surface area contributed by atoms with Crippen LogP contribution in [0.3, 0.4) is 0 Å². The van der Waals surface area contributed by atoms with Gasteiger partial charge >= 0.3 is 12.0 Å². The lowest BCUT2D eigenvalue weighted by molar-refractivity contribution is -0.143. The summed E-state index contributed by atoms with van der Waals surface area (Å²) in [5.74, 6) is -1.28. The van der Waals surface area contributed by atoms with Gasteiger partial charge in [0.25, 0.3) is 0 Å². The van der Waals surface area contributed by atoms with E-state index < -0.39 is 11.9 Å². The zero-order valence-corrected chi connectivity index (χ0v) is 11.8. The third-order valence-electron chi connectivity index (χ3n) is 3.53. The van der Waals surface area contributed by atoms with Gasteiger partial charge in [-0.2, -0.15) is 0 Å². The van der Waals surface area contributed by atoms with Gasteiger partial charge in [-0.25, -0.2) is 4.79 Å². The lowest BCUT2D eigenvalue weighted by atomic mass is 9.99. The number of hydrogen-bond donors (Lipinski definition) is 2. The number of hydrogen-bond acceptors (Lipinski definition) is 2. The lowest BCUT2D eigenvalue weighted by Gasteiger charge is -2.30. The summed E-state index contributed by atoms with van der Waals surface area (Å²) in [7, 11) is 0. The van der Waals surface area contributed by atoms with Gasteiger partial charge in [0.1, 0.15) is 0 Å². The van der Waals surface area contributed by atoms with Crippen LogP contribution < -0.4 is 5.32 Å². The number of carbonyl (C=O) groups is 2. The summed E-state index contributed by atoms with van der Waals surface area (Å²) in [6, 6.07) is 5.63. The Labute approximate surface area is 118 Å². The average Bonchev–Trinajstić information content (AvgIpc) is 2.37. The fraction of sp³-hybridized carbons (Fsp3) is 0.467. The quantitative estimate of drug-likeness (QED) is 0.872. The molecule has 1 fully saturated rings. The van der Waals surface area contributed by atoms with Gasteiger partial charge in [-0.1, -0.05) is 6.07 Å². The maximum atomic E-state index is 12.2. The zero-order chi connectivity index (χ0) is 14.7. The van der Waals surface area contributed by atoms with Crippen LogP contribution in [0, 0.1) is 19.8 Å². The molecule has 1 aromatic rings. The highest BCUT2D eigenvalue weighted by molar-refractivity contribution is 5.90. The number of nitrogens with zero attached hydrogens (tertiary/aromatic N) is 1. The Morgan fingerprint density at radius 3 is 2.50 bits per heavy atom. The third kappa shape index (κ3) is 3.50. The summed E-state index contributed by atoms with van der Waals surface area (Å²) < 4.78 is 0. The van der Waals surface area contributed by atoms with E-state index in [0.29, 0.717) is 13.0 Å². The standard InChI is InChI=1S/C15H20N2O3/c1-10-6-11(2)8-13(7-10)16-15(20)17-5-3-4-12(9-17)14(18)19/h6-8,12H,3-5,9H2,1-2H3,(H,16,20)(H,18,19)/t12-/m0/s1. The molecule has 0 unspecified atom stereocenters. The minimum absolute atomic E-state index is 0.221. The van der Waals surface area contributed by atoms with Gasteiger partial charge in [-0.05, 0) is 49.9 Å². The smallest absolute Gasteiger partial charge is 0.321 e. The molecule has 0 radical (unpaired) electrons. The van der Waals surface area contributed by atoms with Crippen molar-refractivity contribution in [1.82, 2.24) is 4.90 Å². The molecule has 1 atom stereocenters. The molecule has 108 valence electrons. The molecular weight excluding hydrogens is 256 g/mol. The van der Waals surface area contributed by atoms with Crippen LogP contribution in [0.1, 0.15) is 24.0 Å². The van der Waals surface area contributed by atoms with E-state index in [1.54, 1.807) is 4.90 Å². The Balaban J connectivity index is 2.02. The van der Waals surface area contributed by atoms with Gasteiger partial charge in [0, 0.05) is 18.8 Å². The predicted octanol–water partition coefficient (Wildman–Crippen LogP) is 2.63. The number of carboxylic acids is 1. The Bertz CT molecular complexity index is 508. The Kier molecular flexibility index (Phi) is 4.27. The third-order valence-corrected chi connectivity index (χ3v) is 3.53. The van der Waals surface area contributed by atoms with E-state index in [1.165, 1.54) is 0 Å². The van der Waals surface area contributed by atoms with Crippen molar-refractivity contribution in [3.8, 4) is 0 Å². The molecule has 2 rings (SSSR count). The Morgan fingerprint density at radius 1 is 1.25 bits per heavy atom. The maximum absolute atomic E-state index is 12.2. The minimum Gasteiger partial charge on any atom is -0.481 e. The first-order chi connectivity index (χ1) is 9.45. The molecule has 5 heteroatoms. The van der Waals surface area contributed by atoms with Crippen LogP contribution in [-0.4, -0.2) is 35.1 Å². The molecule has 1 heterocycles. The molecule has 0 bridgehead atoms. The van der Waals surface area contributed by atoms with Gasteiger partial charge in [0.05, 0.1) is 5.92 Å². The number of benzene rings is 1. The molecular formula is C15H20N2O3. The summed E-state index contributed by atoms with van der Waals surface area (Å²) in [5.41, 5.74) is 2.93. The highest BCUT2D eigenvalue weighted by atomic mass is 16.4. The van der Waals surface area contributed by atoms with E-state index in [2.05, 4.69) is 5.32 Å². The highest BCUT2D eigenvalue weighted by Crippen LogP contribution is 2.19. The fourth-order valence-electron chi connectivity index (χ4n) is 2.61. The number of carboxylic acid groups (broad SMARTS) is 1. The summed E-state index contributed by atoms with van der Waals surface area (Å²) in [6.07, 6.45) is 1.37. The van der Waals surface area contributed by atoms with E-state index in [9.17, 15) is 9.59 Å². The maximum Gasteiger partial charge on any atom is 0.321 e. The van der Waals surface area contributed by atoms with Crippen LogP contribution in [0.25, 0.3) is 0 Å². The second-order valence-electron chi connectivity index (χ2n) is 5.43. The molecule has 2 amide bonds.